The molecule has 2 atom stereocenters. The number of rotatable bonds is 6. The first-order valence-corrected chi connectivity index (χ1v) is 10.0. The number of carbonyl (C=O) groups is 2. The second-order valence-electron chi connectivity index (χ2n) is 7.66. The van der Waals surface area contributed by atoms with Crippen LogP contribution in [0.25, 0.3) is 0 Å². The van der Waals surface area contributed by atoms with E-state index in [0.29, 0.717) is 13.1 Å². The van der Waals surface area contributed by atoms with Crippen LogP contribution in [0, 0.1) is 12.8 Å². The van der Waals surface area contributed by atoms with E-state index in [9.17, 15) is 9.59 Å². The molecular formula is C21H31ClN6O2. The summed E-state index contributed by atoms with van der Waals surface area (Å²) in [6, 6.07) is 7.06. The van der Waals surface area contributed by atoms with E-state index in [1.807, 2.05) is 49.3 Å². The van der Waals surface area contributed by atoms with Crippen molar-refractivity contribution >= 4 is 30.0 Å². The predicted molar refractivity (Wildman–Crippen MR) is 120 cm³/mol. The third-order valence-corrected chi connectivity index (χ3v) is 5.29. The van der Waals surface area contributed by atoms with E-state index in [2.05, 4.69) is 21.0 Å². The maximum absolute atomic E-state index is 13.0. The second-order valence-corrected chi connectivity index (χ2v) is 7.66. The maximum atomic E-state index is 13.0. The number of likely N-dealkylation sites (tertiary alicyclic amines) is 1. The monoisotopic (exact) mass is 434 g/mol. The molecule has 1 aromatic carbocycles. The zero-order valence-electron chi connectivity index (χ0n) is 17.7. The van der Waals surface area contributed by atoms with Gasteiger partial charge in [-0.3, -0.25) is 9.48 Å². The average molecular weight is 435 g/mol. The van der Waals surface area contributed by atoms with Gasteiger partial charge >= 0.3 is 6.03 Å². The van der Waals surface area contributed by atoms with Gasteiger partial charge in [-0.05, 0) is 44.9 Å². The summed E-state index contributed by atoms with van der Waals surface area (Å²) in [7, 11) is 3.62. The van der Waals surface area contributed by atoms with E-state index >= 15 is 0 Å². The topological polar surface area (TPSA) is 91.3 Å². The number of urea groups is 1. The predicted octanol–water partition coefficient (Wildman–Crippen LogP) is 2.47. The van der Waals surface area contributed by atoms with Crippen molar-refractivity contribution in [2.45, 2.75) is 25.8 Å². The highest BCUT2D eigenvalue weighted by atomic mass is 35.5. The number of amides is 3. The number of aromatic nitrogens is 2. The molecule has 0 saturated carbocycles. The van der Waals surface area contributed by atoms with Gasteiger partial charge < -0.3 is 20.9 Å². The normalized spacial score (nSPS) is 17.0. The Morgan fingerprint density at radius 2 is 2.00 bits per heavy atom. The molecule has 8 nitrogen and oxygen atoms in total. The molecule has 2 heterocycles. The Morgan fingerprint density at radius 1 is 1.27 bits per heavy atom. The summed E-state index contributed by atoms with van der Waals surface area (Å²) in [4.78, 5) is 27.1. The average Bonchev–Trinajstić information content (AvgIpc) is 3.15. The smallest absolute Gasteiger partial charge is 0.319 e. The Hall–Kier alpha value is -2.58. The quantitative estimate of drug-likeness (QED) is 0.651. The molecule has 0 aliphatic carbocycles. The van der Waals surface area contributed by atoms with Crippen molar-refractivity contribution in [1.82, 2.24) is 25.3 Å². The number of aryl methyl sites for hydroxylation is 2. The van der Waals surface area contributed by atoms with E-state index < -0.39 is 6.04 Å². The molecule has 0 bridgehead atoms. The van der Waals surface area contributed by atoms with Gasteiger partial charge in [-0.25, -0.2) is 4.79 Å². The minimum atomic E-state index is -0.403. The lowest BCUT2D eigenvalue weighted by Crippen LogP contribution is -2.47. The van der Waals surface area contributed by atoms with Crippen LogP contribution in [0.1, 0.15) is 30.0 Å². The van der Waals surface area contributed by atoms with Crippen LogP contribution in [0.4, 0.5) is 10.5 Å². The van der Waals surface area contributed by atoms with E-state index in [-0.39, 0.29) is 30.3 Å². The highest BCUT2D eigenvalue weighted by Gasteiger charge is 2.29. The van der Waals surface area contributed by atoms with Crippen molar-refractivity contribution in [1.29, 1.82) is 0 Å². The number of hydrogen-bond acceptors (Lipinski definition) is 4. The molecule has 0 radical (unpaired) electrons. The first-order valence-electron chi connectivity index (χ1n) is 10.0. The Bertz CT molecular complexity index is 838. The Labute approximate surface area is 183 Å². The minimum Gasteiger partial charge on any atom is -0.341 e. The maximum Gasteiger partial charge on any atom is 0.319 e. The van der Waals surface area contributed by atoms with Gasteiger partial charge in [0.05, 0.1) is 6.20 Å². The van der Waals surface area contributed by atoms with Crippen LogP contribution in [0.2, 0.25) is 0 Å². The molecule has 0 spiro atoms. The van der Waals surface area contributed by atoms with Gasteiger partial charge in [-0.15, -0.1) is 12.4 Å². The SMILES string of the molecule is CNC(C(=O)N1CCCC(CNC(=O)Nc2ccc(C)cc2)C1)c1cnn(C)c1.Cl. The standard InChI is InChI=1S/C21H30N6O2.ClH/c1-15-6-8-18(9-7-15)25-21(29)23-11-16-5-4-10-27(13-16)20(28)19(22-2)17-12-24-26(3)14-17;/h6-9,12,14,16,19,22H,4-5,10-11,13H2,1-3H3,(H2,23,25,29);1H. The number of nitrogens with one attached hydrogen (secondary N) is 3. The molecule has 1 fully saturated rings. The lowest BCUT2D eigenvalue weighted by Gasteiger charge is -2.34. The highest BCUT2D eigenvalue weighted by molar-refractivity contribution is 5.89. The molecule has 3 N–H and O–H groups in total. The van der Waals surface area contributed by atoms with Crippen molar-refractivity contribution in [3.63, 3.8) is 0 Å². The fourth-order valence-electron chi connectivity index (χ4n) is 3.69. The molecule has 1 aromatic heterocycles. The van der Waals surface area contributed by atoms with E-state index in [0.717, 1.165) is 36.2 Å². The third kappa shape index (κ3) is 6.21. The van der Waals surface area contributed by atoms with Gasteiger partial charge in [0.1, 0.15) is 6.04 Å². The first-order chi connectivity index (χ1) is 14.0. The zero-order chi connectivity index (χ0) is 20.8. The number of benzene rings is 1. The molecule has 164 valence electrons. The van der Waals surface area contributed by atoms with Gasteiger partial charge in [0.25, 0.3) is 0 Å². The van der Waals surface area contributed by atoms with Gasteiger partial charge in [-0.2, -0.15) is 5.10 Å². The van der Waals surface area contributed by atoms with Crippen molar-refractivity contribution in [3.8, 4) is 0 Å². The summed E-state index contributed by atoms with van der Waals surface area (Å²) in [5.74, 6) is 0.289. The Kier molecular flexibility index (Phi) is 8.68. The molecule has 9 heteroatoms. The summed E-state index contributed by atoms with van der Waals surface area (Å²) < 4.78 is 1.70. The van der Waals surface area contributed by atoms with Crippen molar-refractivity contribution in [3.05, 3.63) is 47.8 Å². The highest BCUT2D eigenvalue weighted by Crippen LogP contribution is 2.21. The van der Waals surface area contributed by atoms with Crippen molar-refractivity contribution < 1.29 is 9.59 Å². The van der Waals surface area contributed by atoms with Crippen LogP contribution in [-0.4, -0.2) is 53.3 Å². The van der Waals surface area contributed by atoms with Crippen LogP contribution in [0.15, 0.2) is 36.7 Å². The lowest BCUT2D eigenvalue weighted by molar-refractivity contribution is -0.135. The van der Waals surface area contributed by atoms with E-state index in [1.54, 1.807) is 17.9 Å². The molecule has 1 aliphatic heterocycles. The lowest BCUT2D eigenvalue weighted by atomic mass is 9.97. The number of likely N-dealkylation sites (N-methyl/N-ethyl adjacent to an activating group) is 1. The van der Waals surface area contributed by atoms with E-state index in [1.165, 1.54) is 0 Å². The summed E-state index contributed by atoms with van der Waals surface area (Å²) in [6.45, 7) is 3.93. The second kappa shape index (κ2) is 11.0. The Balaban J connectivity index is 0.00000320. The number of piperidine rings is 1. The van der Waals surface area contributed by atoms with Gasteiger partial charge in [0.15, 0.2) is 0 Å². The van der Waals surface area contributed by atoms with Gasteiger partial charge in [0, 0.05) is 44.1 Å². The number of halogens is 1. The van der Waals surface area contributed by atoms with Gasteiger partial charge in [0.2, 0.25) is 5.91 Å². The van der Waals surface area contributed by atoms with Crippen LogP contribution < -0.4 is 16.0 Å². The van der Waals surface area contributed by atoms with Gasteiger partial charge in [-0.1, -0.05) is 17.7 Å². The number of carbonyl (C=O) groups excluding carboxylic acids is 2. The van der Waals surface area contributed by atoms with Crippen molar-refractivity contribution in [2.24, 2.45) is 13.0 Å². The summed E-state index contributed by atoms with van der Waals surface area (Å²) in [6.07, 6.45) is 5.50. The van der Waals surface area contributed by atoms with Crippen LogP contribution >= 0.6 is 12.4 Å². The Morgan fingerprint density at radius 3 is 2.63 bits per heavy atom. The first kappa shape index (κ1) is 23.7. The molecule has 3 rings (SSSR count). The molecular weight excluding hydrogens is 404 g/mol. The number of anilines is 1. The van der Waals surface area contributed by atoms with Crippen LogP contribution in [0.3, 0.4) is 0 Å². The summed E-state index contributed by atoms with van der Waals surface area (Å²) in [5, 5.41) is 13.0. The molecule has 3 amide bonds. The molecule has 30 heavy (non-hydrogen) atoms. The molecule has 1 aliphatic rings. The fraction of sp³-hybridized carbons (Fsp3) is 0.476. The van der Waals surface area contributed by atoms with Crippen LogP contribution in [0.5, 0.6) is 0 Å². The van der Waals surface area contributed by atoms with Crippen LogP contribution in [-0.2, 0) is 11.8 Å². The number of hydrogen-bond donors (Lipinski definition) is 3. The zero-order valence-corrected chi connectivity index (χ0v) is 18.5. The number of nitrogens with zero attached hydrogens (tertiary/aromatic N) is 3. The fourth-order valence-corrected chi connectivity index (χ4v) is 3.69. The minimum absolute atomic E-state index is 0. The largest absolute Gasteiger partial charge is 0.341 e. The van der Waals surface area contributed by atoms with Crippen molar-refractivity contribution in [2.75, 3.05) is 32.0 Å². The summed E-state index contributed by atoms with van der Waals surface area (Å²) in [5.41, 5.74) is 2.77. The molecule has 2 aromatic rings. The van der Waals surface area contributed by atoms with E-state index in [4.69, 9.17) is 0 Å². The molecule has 2 unspecified atom stereocenters. The summed E-state index contributed by atoms with van der Waals surface area (Å²) >= 11 is 0. The third-order valence-electron chi connectivity index (χ3n) is 5.29. The molecule has 1 saturated heterocycles.